The lowest BCUT2D eigenvalue weighted by Gasteiger charge is -2.07. The molecule has 0 atom stereocenters. The van der Waals surface area contributed by atoms with Crippen LogP contribution in [0.5, 0.6) is 0 Å². The number of carboxylic acids is 1. The number of amides is 1. The maximum absolute atomic E-state index is 11.3. The Morgan fingerprint density at radius 1 is 1.42 bits per heavy atom. The molecule has 0 aliphatic carbocycles. The molecule has 19 heavy (non-hydrogen) atoms. The molecule has 1 aromatic carbocycles. The predicted molar refractivity (Wildman–Crippen MR) is 69.9 cm³/mol. The number of aromatic carboxylic acids is 1. The van der Waals surface area contributed by atoms with Gasteiger partial charge in [-0.25, -0.2) is 9.78 Å². The van der Waals surface area contributed by atoms with Crippen molar-refractivity contribution >= 4 is 22.9 Å². The van der Waals surface area contributed by atoms with Crippen molar-refractivity contribution < 1.29 is 14.7 Å². The monoisotopic (exact) mass is 261 g/mol. The summed E-state index contributed by atoms with van der Waals surface area (Å²) in [5, 5.41) is 9.22. The van der Waals surface area contributed by atoms with Gasteiger partial charge in [0.25, 0.3) is 0 Å². The SMILES string of the molecule is CCCc1nc2cccc(C(=O)O)c2n1CC(N)=O. The Balaban J connectivity index is 2.72. The van der Waals surface area contributed by atoms with Gasteiger partial charge >= 0.3 is 5.97 Å². The summed E-state index contributed by atoms with van der Waals surface area (Å²) in [5.74, 6) is -0.874. The van der Waals surface area contributed by atoms with Crippen molar-refractivity contribution in [2.75, 3.05) is 0 Å². The van der Waals surface area contributed by atoms with Crippen molar-refractivity contribution in [2.45, 2.75) is 26.3 Å². The van der Waals surface area contributed by atoms with E-state index in [1.54, 1.807) is 16.7 Å². The van der Waals surface area contributed by atoms with Crippen molar-refractivity contribution in [2.24, 2.45) is 5.73 Å². The highest BCUT2D eigenvalue weighted by molar-refractivity contribution is 6.01. The zero-order chi connectivity index (χ0) is 14.0. The van der Waals surface area contributed by atoms with Crippen LogP contribution in [0.3, 0.4) is 0 Å². The van der Waals surface area contributed by atoms with E-state index in [4.69, 9.17) is 5.73 Å². The fourth-order valence-electron chi connectivity index (χ4n) is 2.15. The number of primary amides is 1. The molecule has 0 aliphatic heterocycles. The number of carbonyl (C=O) groups is 2. The minimum atomic E-state index is -1.04. The average molecular weight is 261 g/mol. The Bertz CT molecular complexity index is 646. The van der Waals surface area contributed by atoms with Gasteiger partial charge in [0.15, 0.2) is 0 Å². The van der Waals surface area contributed by atoms with Gasteiger partial charge in [-0.1, -0.05) is 13.0 Å². The first-order valence-electron chi connectivity index (χ1n) is 6.04. The number of hydrogen-bond acceptors (Lipinski definition) is 3. The molecule has 2 rings (SSSR count). The molecule has 1 amide bonds. The van der Waals surface area contributed by atoms with E-state index in [1.807, 2.05) is 6.92 Å². The lowest BCUT2D eigenvalue weighted by molar-refractivity contribution is -0.118. The second kappa shape index (κ2) is 5.09. The summed E-state index contributed by atoms with van der Waals surface area (Å²) >= 11 is 0. The van der Waals surface area contributed by atoms with Gasteiger partial charge in [-0.05, 0) is 18.6 Å². The number of benzene rings is 1. The third-order valence-corrected chi connectivity index (χ3v) is 2.86. The maximum Gasteiger partial charge on any atom is 0.337 e. The Kier molecular flexibility index (Phi) is 3.50. The Hall–Kier alpha value is -2.37. The first kappa shape index (κ1) is 13.1. The Labute approximate surface area is 109 Å². The number of nitrogens with zero attached hydrogens (tertiary/aromatic N) is 2. The highest BCUT2D eigenvalue weighted by Crippen LogP contribution is 2.21. The number of carboxylic acid groups (broad SMARTS) is 1. The van der Waals surface area contributed by atoms with E-state index in [0.717, 1.165) is 6.42 Å². The molecule has 1 aromatic heterocycles. The third-order valence-electron chi connectivity index (χ3n) is 2.86. The Morgan fingerprint density at radius 3 is 2.74 bits per heavy atom. The van der Waals surface area contributed by atoms with Gasteiger partial charge in [-0.3, -0.25) is 4.79 Å². The molecule has 0 spiro atoms. The largest absolute Gasteiger partial charge is 0.478 e. The zero-order valence-electron chi connectivity index (χ0n) is 10.6. The van der Waals surface area contributed by atoms with Gasteiger partial charge < -0.3 is 15.4 Å². The van der Waals surface area contributed by atoms with Crippen LogP contribution in [0.2, 0.25) is 0 Å². The van der Waals surface area contributed by atoms with Crippen LogP contribution in [0.15, 0.2) is 18.2 Å². The van der Waals surface area contributed by atoms with E-state index < -0.39 is 11.9 Å². The van der Waals surface area contributed by atoms with Crippen LogP contribution in [-0.2, 0) is 17.8 Å². The molecule has 3 N–H and O–H groups in total. The molecular formula is C13H15N3O3. The number of fused-ring (bicyclic) bond motifs is 1. The molecule has 2 aromatic rings. The number of para-hydroxylation sites is 1. The number of imidazole rings is 1. The predicted octanol–water partition coefficient (Wildman–Crippen LogP) is 1.17. The number of rotatable bonds is 5. The normalized spacial score (nSPS) is 10.8. The van der Waals surface area contributed by atoms with Gasteiger partial charge in [0.1, 0.15) is 12.4 Å². The summed E-state index contributed by atoms with van der Waals surface area (Å²) in [5.41, 5.74) is 6.39. The van der Waals surface area contributed by atoms with E-state index >= 15 is 0 Å². The summed E-state index contributed by atoms with van der Waals surface area (Å²) < 4.78 is 1.60. The van der Waals surface area contributed by atoms with E-state index in [2.05, 4.69) is 4.98 Å². The standard InChI is InChI=1S/C13H15N3O3/c1-2-4-11-15-9-6-3-5-8(13(18)19)12(9)16(11)7-10(14)17/h3,5-6H,2,4,7H2,1H3,(H2,14,17)(H,18,19). The second-order valence-electron chi connectivity index (χ2n) is 4.31. The highest BCUT2D eigenvalue weighted by atomic mass is 16.4. The molecule has 6 heteroatoms. The van der Waals surface area contributed by atoms with Crippen LogP contribution in [0.25, 0.3) is 11.0 Å². The van der Waals surface area contributed by atoms with Crippen molar-refractivity contribution in [1.29, 1.82) is 0 Å². The third kappa shape index (κ3) is 2.42. The molecule has 0 saturated carbocycles. The fraction of sp³-hybridized carbons (Fsp3) is 0.308. The van der Waals surface area contributed by atoms with E-state index in [0.29, 0.717) is 23.3 Å². The van der Waals surface area contributed by atoms with Gasteiger partial charge in [-0.2, -0.15) is 0 Å². The molecular weight excluding hydrogens is 246 g/mol. The van der Waals surface area contributed by atoms with Crippen molar-refractivity contribution in [3.05, 3.63) is 29.6 Å². The topological polar surface area (TPSA) is 98.2 Å². The van der Waals surface area contributed by atoms with Gasteiger partial charge in [0.05, 0.1) is 16.6 Å². The molecule has 0 radical (unpaired) electrons. The maximum atomic E-state index is 11.3. The van der Waals surface area contributed by atoms with Crippen molar-refractivity contribution in [3.63, 3.8) is 0 Å². The van der Waals surface area contributed by atoms with Crippen LogP contribution in [-0.4, -0.2) is 26.5 Å². The minimum absolute atomic E-state index is 0.0594. The molecule has 0 unspecified atom stereocenters. The quantitative estimate of drug-likeness (QED) is 0.844. The second-order valence-corrected chi connectivity index (χ2v) is 4.31. The molecule has 0 aliphatic rings. The van der Waals surface area contributed by atoms with E-state index in [1.165, 1.54) is 6.07 Å². The van der Waals surface area contributed by atoms with E-state index in [9.17, 15) is 14.7 Å². The number of nitrogens with two attached hydrogens (primary N) is 1. The molecule has 0 fully saturated rings. The first-order valence-corrected chi connectivity index (χ1v) is 6.04. The van der Waals surface area contributed by atoms with Crippen LogP contribution >= 0.6 is 0 Å². The number of aryl methyl sites for hydroxylation is 1. The molecule has 1 heterocycles. The molecule has 0 saturated heterocycles. The van der Waals surface area contributed by atoms with E-state index in [-0.39, 0.29) is 12.1 Å². The first-order chi connectivity index (χ1) is 9.04. The minimum Gasteiger partial charge on any atom is -0.478 e. The smallest absolute Gasteiger partial charge is 0.337 e. The van der Waals surface area contributed by atoms with Gasteiger partial charge in [0.2, 0.25) is 5.91 Å². The fourth-order valence-corrected chi connectivity index (χ4v) is 2.15. The van der Waals surface area contributed by atoms with Crippen LogP contribution in [0.4, 0.5) is 0 Å². The summed E-state index contributed by atoms with van der Waals surface area (Å²) in [6, 6.07) is 4.88. The number of carbonyl (C=O) groups excluding carboxylic acids is 1. The molecule has 0 bridgehead atoms. The van der Waals surface area contributed by atoms with Crippen LogP contribution in [0.1, 0.15) is 29.5 Å². The lowest BCUT2D eigenvalue weighted by Crippen LogP contribution is -2.20. The Morgan fingerprint density at radius 2 is 2.16 bits per heavy atom. The molecule has 6 nitrogen and oxygen atoms in total. The van der Waals surface area contributed by atoms with Crippen LogP contribution < -0.4 is 5.73 Å². The van der Waals surface area contributed by atoms with Crippen molar-refractivity contribution in [1.82, 2.24) is 9.55 Å². The summed E-state index contributed by atoms with van der Waals surface area (Å²) in [6.07, 6.45) is 1.52. The van der Waals surface area contributed by atoms with Crippen molar-refractivity contribution in [3.8, 4) is 0 Å². The number of aromatic nitrogens is 2. The summed E-state index contributed by atoms with van der Waals surface area (Å²) in [4.78, 5) is 26.8. The lowest BCUT2D eigenvalue weighted by atomic mass is 10.2. The summed E-state index contributed by atoms with van der Waals surface area (Å²) in [6.45, 7) is 1.93. The van der Waals surface area contributed by atoms with Crippen LogP contribution in [0, 0.1) is 0 Å². The zero-order valence-corrected chi connectivity index (χ0v) is 10.6. The highest BCUT2D eigenvalue weighted by Gasteiger charge is 2.18. The van der Waals surface area contributed by atoms with Gasteiger partial charge in [0, 0.05) is 6.42 Å². The molecule has 100 valence electrons. The number of hydrogen-bond donors (Lipinski definition) is 2. The average Bonchev–Trinajstić information content (AvgIpc) is 2.67. The van der Waals surface area contributed by atoms with Gasteiger partial charge in [-0.15, -0.1) is 0 Å². The summed E-state index contributed by atoms with van der Waals surface area (Å²) in [7, 11) is 0.